The van der Waals surface area contributed by atoms with Gasteiger partial charge in [0.05, 0.1) is 4.88 Å². The minimum absolute atomic E-state index is 0.126. The number of thiophene rings is 1. The van der Waals surface area contributed by atoms with Crippen molar-refractivity contribution in [3.8, 4) is 0 Å². The molecule has 2 nitrogen and oxygen atoms in total. The Kier molecular flexibility index (Phi) is 3.76. The topological polar surface area (TPSA) is 29.1 Å². The van der Waals surface area contributed by atoms with Crippen LogP contribution in [0.15, 0.2) is 6.07 Å². The van der Waals surface area contributed by atoms with E-state index in [2.05, 4.69) is 27.3 Å². The summed E-state index contributed by atoms with van der Waals surface area (Å²) >= 11 is 5.39. The summed E-state index contributed by atoms with van der Waals surface area (Å²) in [6.45, 7) is 0.817. The number of aryl methyl sites for hydroxylation is 2. The highest BCUT2D eigenvalue weighted by atomic mass is 79.9. The van der Waals surface area contributed by atoms with E-state index in [0.29, 0.717) is 10.7 Å². The second kappa shape index (κ2) is 5.33. The number of hydrogen-bond acceptors (Lipinski definition) is 2. The zero-order chi connectivity index (χ0) is 12.5. The summed E-state index contributed by atoms with van der Waals surface area (Å²) < 4.78 is 0. The minimum Gasteiger partial charge on any atom is -0.351 e. The average molecular weight is 328 g/mol. The van der Waals surface area contributed by atoms with E-state index in [9.17, 15) is 4.79 Å². The van der Waals surface area contributed by atoms with Gasteiger partial charge in [0.25, 0.3) is 5.91 Å². The van der Waals surface area contributed by atoms with Crippen LogP contribution in [-0.4, -0.2) is 17.3 Å². The first-order valence-corrected chi connectivity index (χ1v) is 8.51. The maximum Gasteiger partial charge on any atom is 0.261 e. The number of nitrogens with one attached hydrogen (secondary N) is 1. The van der Waals surface area contributed by atoms with Gasteiger partial charge in [0.1, 0.15) is 0 Å². The molecule has 0 aliphatic heterocycles. The second-order valence-corrected chi connectivity index (χ2v) is 7.64. The van der Waals surface area contributed by atoms with Crippen molar-refractivity contribution in [2.24, 2.45) is 5.92 Å². The predicted octanol–water partition coefficient (Wildman–Crippen LogP) is 3.53. The number of alkyl halides is 1. The molecule has 2 unspecified atom stereocenters. The molecule has 1 amide bonds. The fourth-order valence-corrected chi connectivity index (χ4v) is 4.92. The molecule has 1 aromatic heterocycles. The molecule has 0 aromatic carbocycles. The van der Waals surface area contributed by atoms with Gasteiger partial charge < -0.3 is 5.32 Å². The van der Waals surface area contributed by atoms with Crippen LogP contribution >= 0.6 is 27.3 Å². The Morgan fingerprint density at radius 2 is 2.28 bits per heavy atom. The normalized spacial score (nSPS) is 26.3. The third-order valence-electron chi connectivity index (χ3n) is 4.06. The molecule has 4 heteroatoms. The summed E-state index contributed by atoms with van der Waals surface area (Å²) in [4.78, 5) is 15.0. The summed E-state index contributed by atoms with van der Waals surface area (Å²) in [5.74, 6) is 0.738. The van der Waals surface area contributed by atoms with E-state index in [1.165, 1.54) is 42.5 Å². The van der Waals surface area contributed by atoms with Crippen LogP contribution in [0.1, 0.15) is 45.8 Å². The van der Waals surface area contributed by atoms with Gasteiger partial charge in [-0.2, -0.15) is 0 Å². The summed E-state index contributed by atoms with van der Waals surface area (Å²) in [6.07, 6.45) is 7.34. The fraction of sp³-hybridized carbons (Fsp3) is 0.643. The van der Waals surface area contributed by atoms with Gasteiger partial charge in [-0.1, -0.05) is 22.4 Å². The highest BCUT2D eigenvalue weighted by molar-refractivity contribution is 9.09. The number of hydrogen-bond donors (Lipinski definition) is 1. The van der Waals surface area contributed by atoms with E-state index in [4.69, 9.17) is 0 Å². The molecule has 18 heavy (non-hydrogen) atoms. The zero-order valence-corrected chi connectivity index (χ0v) is 12.8. The van der Waals surface area contributed by atoms with Crippen LogP contribution in [-0.2, 0) is 12.8 Å². The number of halogens is 1. The van der Waals surface area contributed by atoms with Gasteiger partial charge in [-0.15, -0.1) is 11.3 Å². The Bertz CT molecular complexity index is 435. The van der Waals surface area contributed by atoms with Crippen LogP contribution < -0.4 is 5.32 Å². The largest absolute Gasteiger partial charge is 0.351 e. The van der Waals surface area contributed by atoms with Crippen molar-refractivity contribution in [1.29, 1.82) is 0 Å². The Morgan fingerprint density at radius 1 is 1.39 bits per heavy atom. The van der Waals surface area contributed by atoms with Crippen molar-refractivity contribution in [3.63, 3.8) is 0 Å². The van der Waals surface area contributed by atoms with Gasteiger partial charge in [-0.25, -0.2) is 0 Å². The van der Waals surface area contributed by atoms with Gasteiger partial charge in [-0.05, 0) is 49.7 Å². The van der Waals surface area contributed by atoms with Gasteiger partial charge in [0, 0.05) is 16.2 Å². The SMILES string of the molecule is O=C(NCC1CCCC1Br)c1cc2c(s1)CCC2. The lowest BCUT2D eigenvalue weighted by Crippen LogP contribution is -2.30. The van der Waals surface area contributed by atoms with Crippen LogP contribution in [0.5, 0.6) is 0 Å². The maximum absolute atomic E-state index is 12.1. The first-order valence-electron chi connectivity index (χ1n) is 6.78. The third kappa shape index (κ3) is 2.50. The molecule has 2 atom stereocenters. The molecule has 1 heterocycles. The number of carbonyl (C=O) groups is 1. The van der Waals surface area contributed by atoms with Crippen molar-refractivity contribution < 1.29 is 4.79 Å². The molecule has 0 spiro atoms. The Balaban J connectivity index is 1.57. The van der Waals surface area contributed by atoms with Crippen molar-refractivity contribution in [2.45, 2.75) is 43.4 Å². The lowest BCUT2D eigenvalue weighted by molar-refractivity contribution is 0.0952. The lowest BCUT2D eigenvalue weighted by Gasteiger charge is -2.14. The molecule has 1 saturated carbocycles. The predicted molar refractivity (Wildman–Crippen MR) is 78.7 cm³/mol. The van der Waals surface area contributed by atoms with E-state index in [-0.39, 0.29) is 5.91 Å². The van der Waals surface area contributed by atoms with Crippen molar-refractivity contribution in [3.05, 3.63) is 21.4 Å². The van der Waals surface area contributed by atoms with E-state index in [0.717, 1.165) is 17.8 Å². The maximum atomic E-state index is 12.1. The van der Waals surface area contributed by atoms with Gasteiger partial charge in [0.15, 0.2) is 0 Å². The van der Waals surface area contributed by atoms with Crippen LogP contribution in [0.2, 0.25) is 0 Å². The molecule has 0 saturated heterocycles. The number of fused-ring (bicyclic) bond motifs is 1. The van der Waals surface area contributed by atoms with Gasteiger partial charge in [-0.3, -0.25) is 4.79 Å². The molecule has 1 fully saturated rings. The summed E-state index contributed by atoms with van der Waals surface area (Å²) in [5, 5.41) is 3.10. The molecule has 3 rings (SSSR count). The monoisotopic (exact) mass is 327 g/mol. The number of amides is 1. The minimum atomic E-state index is 0.126. The summed E-state index contributed by atoms with van der Waals surface area (Å²) in [7, 11) is 0. The number of rotatable bonds is 3. The van der Waals surface area contributed by atoms with Crippen molar-refractivity contribution in [1.82, 2.24) is 5.32 Å². The van der Waals surface area contributed by atoms with E-state index < -0.39 is 0 Å². The summed E-state index contributed by atoms with van der Waals surface area (Å²) in [6, 6.07) is 2.10. The third-order valence-corrected chi connectivity index (χ3v) is 6.50. The second-order valence-electron chi connectivity index (χ2n) is 5.33. The van der Waals surface area contributed by atoms with E-state index >= 15 is 0 Å². The zero-order valence-electron chi connectivity index (χ0n) is 10.4. The first kappa shape index (κ1) is 12.7. The first-order chi connectivity index (χ1) is 8.74. The molecule has 1 aromatic rings. The van der Waals surface area contributed by atoms with Crippen LogP contribution in [0, 0.1) is 5.92 Å². The average Bonchev–Trinajstić information content (AvgIpc) is 3.00. The van der Waals surface area contributed by atoms with Crippen LogP contribution in [0.25, 0.3) is 0 Å². The Labute approximate surface area is 120 Å². The molecule has 0 radical (unpaired) electrons. The molecular formula is C14H18BrNOS. The standard InChI is InChI=1S/C14H18BrNOS/c15-11-5-1-4-10(11)8-16-14(17)13-7-9-3-2-6-12(9)18-13/h7,10-11H,1-6,8H2,(H,16,17). The van der Waals surface area contributed by atoms with E-state index in [1.807, 2.05) is 0 Å². The highest BCUT2D eigenvalue weighted by Crippen LogP contribution is 2.32. The Morgan fingerprint density at radius 3 is 3.00 bits per heavy atom. The van der Waals surface area contributed by atoms with Crippen LogP contribution in [0.3, 0.4) is 0 Å². The smallest absolute Gasteiger partial charge is 0.261 e. The van der Waals surface area contributed by atoms with Gasteiger partial charge in [0.2, 0.25) is 0 Å². The molecule has 0 bridgehead atoms. The molecule has 98 valence electrons. The van der Waals surface area contributed by atoms with Crippen molar-refractivity contribution in [2.75, 3.05) is 6.54 Å². The van der Waals surface area contributed by atoms with E-state index in [1.54, 1.807) is 11.3 Å². The Hall–Kier alpha value is -0.350. The highest BCUT2D eigenvalue weighted by Gasteiger charge is 2.25. The van der Waals surface area contributed by atoms with Crippen molar-refractivity contribution >= 4 is 33.2 Å². The molecule has 1 N–H and O–H groups in total. The summed E-state index contributed by atoms with van der Waals surface area (Å²) in [5.41, 5.74) is 1.41. The lowest BCUT2D eigenvalue weighted by atomic mass is 10.1. The molecule has 2 aliphatic rings. The van der Waals surface area contributed by atoms with Crippen LogP contribution in [0.4, 0.5) is 0 Å². The molecule has 2 aliphatic carbocycles. The quantitative estimate of drug-likeness (QED) is 0.845. The number of carbonyl (C=O) groups excluding carboxylic acids is 1. The fourth-order valence-electron chi connectivity index (χ4n) is 2.97. The molecular weight excluding hydrogens is 310 g/mol. The van der Waals surface area contributed by atoms with Gasteiger partial charge >= 0.3 is 0 Å².